The highest BCUT2D eigenvalue weighted by molar-refractivity contribution is 6.39. The third kappa shape index (κ3) is 5.72. The van der Waals surface area contributed by atoms with E-state index < -0.39 is 11.8 Å². The predicted octanol–water partition coefficient (Wildman–Crippen LogP) is 2.60. The van der Waals surface area contributed by atoms with Crippen LogP contribution in [0.25, 0.3) is 0 Å². The first-order valence-electron chi connectivity index (χ1n) is 8.37. The van der Waals surface area contributed by atoms with Crippen molar-refractivity contribution >= 4 is 17.5 Å². The summed E-state index contributed by atoms with van der Waals surface area (Å²) in [6.45, 7) is 4.52. The number of carbonyl (C=O) groups excluding carboxylic acids is 2. The van der Waals surface area contributed by atoms with Crippen molar-refractivity contribution in [1.29, 1.82) is 0 Å². The largest absolute Gasteiger partial charge is 0.392 e. The Morgan fingerprint density at radius 2 is 1.68 bits per heavy atom. The van der Waals surface area contributed by atoms with Crippen LogP contribution in [0.15, 0.2) is 48.5 Å². The molecule has 132 valence electrons. The molecule has 0 aliphatic carbocycles. The van der Waals surface area contributed by atoms with E-state index in [1.807, 2.05) is 42.5 Å². The van der Waals surface area contributed by atoms with Gasteiger partial charge in [-0.25, -0.2) is 0 Å². The standard InChI is InChI=1S/C20H24N2O3/c1-14(2)17-4-3-5-18(12-17)22-20(25)19(24)21-11-10-15-6-8-16(13-23)9-7-15/h3-9,12,14,23H,10-11,13H2,1-2H3,(H,21,24)(H,22,25). The molecule has 3 N–H and O–H groups in total. The molecule has 0 saturated heterocycles. The van der Waals surface area contributed by atoms with Gasteiger partial charge in [0, 0.05) is 12.2 Å². The molecule has 5 nitrogen and oxygen atoms in total. The van der Waals surface area contributed by atoms with E-state index in [1.54, 1.807) is 6.07 Å². The van der Waals surface area contributed by atoms with Crippen LogP contribution in [0, 0.1) is 0 Å². The molecule has 0 spiro atoms. The van der Waals surface area contributed by atoms with E-state index in [4.69, 9.17) is 5.11 Å². The topological polar surface area (TPSA) is 78.4 Å². The van der Waals surface area contributed by atoms with E-state index in [0.29, 0.717) is 24.6 Å². The van der Waals surface area contributed by atoms with Crippen molar-refractivity contribution < 1.29 is 14.7 Å². The van der Waals surface area contributed by atoms with Gasteiger partial charge in [0.05, 0.1) is 6.61 Å². The summed E-state index contributed by atoms with van der Waals surface area (Å²) in [5.74, 6) is -0.971. The average Bonchev–Trinajstić information content (AvgIpc) is 2.62. The number of nitrogens with one attached hydrogen (secondary N) is 2. The van der Waals surface area contributed by atoms with Gasteiger partial charge < -0.3 is 15.7 Å². The van der Waals surface area contributed by atoms with Crippen LogP contribution in [0.1, 0.15) is 36.5 Å². The number of aliphatic hydroxyl groups excluding tert-OH is 1. The van der Waals surface area contributed by atoms with E-state index in [0.717, 1.165) is 16.7 Å². The second kappa shape index (κ2) is 8.99. The first-order valence-corrected chi connectivity index (χ1v) is 8.37. The fraction of sp³-hybridized carbons (Fsp3) is 0.300. The lowest BCUT2D eigenvalue weighted by atomic mass is 10.0. The summed E-state index contributed by atoms with van der Waals surface area (Å²) in [4.78, 5) is 23.9. The molecule has 0 unspecified atom stereocenters. The van der Waals surface area contributed by atoms with Crippen LogP contribution in [-0.4, -0.2) is 23.5 Å². The second-order valence-electron chi connectivity index (χ2n) is 6.21. The van der Waals surface area contributed by atoms with Crippen LogP contribution in [0.3, 0.4) is 0 Å². The summed E-state index contributed by atoms with van der Waals surface area (Å²) in [7, 11) is 0. The molecular weight excluding hydrogens is 316 g/mol. The Hall–Kier alpha value is -2.66. The lowest BCUT2D eigenvalue weighted by Gasteiger charge is -2.10. The molecule has 2 amide bonds. The van der Waals surface area contributed by atoms with E-state index >= 15 is 0 Å². The van der Waals surface area contributed by atoms with Crippen LogP contribution in [0.2, 0.25) is 0 Å². The maximum absolute atomic E-state index is 12.0. The van der Waals surface area contributed by atoms with Crippen molar-refractivity contribution in [2.45, 2.75) is 32.8 Å². The molecule has 25 heavy (non-hydrogen) atoms. The molecule has 0 fully saturated rings. The minimum Gasteiger partial charge on any atom is -0.392 e. The summed E-state index contributed by atoms with van der Waals surface area (Å²) in [5, 5.41) is 14.2. The minimum atomic E-state index is -0.670. The highest BCUT2D eigenvalue weighted by Gasteiger charge is 2.13. The summed E-state index contributed by atoms with van der Waals surface area (Å²) >= 11 is 0. The Morgan fingerprint density at radius 3 is 2.32 bits per heavy atom. The summed E-state index contributed by atoms with van der Waals surface area (Å²) in [6.07, 6.45) is 0.619. The number of aliphatic hydroxyl groups is 1. The third-order valence-electron chi connectivity index (χ3n) is 3.92. The van der Waals surface area contributed by atoms with Gasteiger partial charge in [-0.3, -0.25) is 9.59 Å². The van der Waals surface area contributed by atoms with Gasteiger partial charge in [-0.1, -0.05) is 50.2 Å². The van der Waals surface area contributed by atoms with Gasteiger partial charge in [0.25, 0.3) is 0 Å². The van der Waals surface area contributed by atoms with E-state index in [9.17, 15) is 9.59 Å². The Balaban J connectivity index is 1.81. The molecule has 0 aliphatic rings. The summed E-state index contributed by atoms with van der Waals surface area (Å²) in [5.41, 5.74) is 3.59. The van der Waals surface area contributed by atoms with Crippen LogP contribution >= 0.6 is 0 Å². The molecule has 2 rings (SSSR count). The first-order chi connectivity index (χ1) is 12.0. The molecule has 2 aromatic rings. The maximum atomic E-state index is 12.0. The van der Waals surface area contributed by atoms with E-state index in [-0.39, 0.29) is 6.61 Å². The zero-order chi connectivity index (χ0) is 18.2. The third-order valence-corrected chi connectivity index (χ3v) is 3.92. The zero-order valence-electron chi connectivity index (χ0n) is 14.6. The monoisotopic (exact) mass is 340 g/mol. The number of benzene rings is 2. The summed E-state index contributed by atoms with van der Waals surface area (Å²) < 4.78 is 0. The number of carbonyl (C=O) groups is 2. The SMILES string of the molecule is CC(C)c1cccc(NC(=O)C(=O)NCCc2ccc(CO)cc2)c1. The average molecular weight is 340 g/mol. The Labute approximate surface area is 148 Å². The molecule has 0 atom stereocenters. The fourth-order valence-corrected chi connectivity index (χ4v) is 2.38. The van der Waals surface area contributed by atoms with Gasteiger partial charge in [-0.15, -0.1) is 0 Å². The van der Waals surface area contributed by atoms with Crippen molar-refractivity contribution in [2.75, 3.05) is 11.9 Å². The second-order valence-corrected chi connectivity index (χ2v) is 6.21. The van der Waals surface area contributed by atoms with Crippen LogP contribution in [-0.2, 0) is 22.6 Å². The molecule has 5 heteroatoms. The minimum absolute atomic E-state index is 0.00912. The fourth-order valence-electron chi connectivity index (χ4n) is 2.38. The molecule has 0 aliphatic heterocycles. The normalized spacial score (nSPS) is 10.6. The molecule has 0 heterocycles. The number of rotatable bonds is 6. The summed E-state index contributed by atoms with van der Waals surface area (Å²) in [6, 6.07) is 15.0. The number of amides is 2. The number of hydrogen-bond acceptors (Lipinski definition) is 3. The van der Waals surface area contributed by atoms with Crippen LogP contribution in [0.5, 0.6) is 0 Å². The van der Waals surface area contributed by atoms with E-state index in [2.05, 4.69) is 24.5 Å². The van der Waals surface area contributed by atoms with Gasteiger partial charge in [-0.05, 0) is 41.2 Å². The van der Waals surface area contributed by atoms with Crippen molar-refractivity contribution in [3.63, 3.8) is 0 Å². The smallest absolute Gasteiger partial charge is 0.313 e. The Morgan fingerprint density at radius 1 is 1.00 bits per heavy atom. The van der Waals surface area contributed by atoms with Gasteiger partial charge in [0.2, 0.25) is 0 Å². The van der Waals surface area contributed by atoms with Crippen molar-refractivity contribution in [3.05, 3.63) is 65.2 Å². The highest BCUT2D eigenvalue weighted by Crippen LogP contribution is 2.18. The molecule has 0 radical (unpaired) electrons. The Kier molecular flexibility index (Phi) is 6.71. The van der Waals surface area contributed by atoms with Gasteiger partial charge in [0.1, 0.15) is 0 Å². The highest BCUT2D eigenvalue weighted by atomic mass is 16.3. The lowest BCUT2D eigenvalue weighted by molar-refractivity contribution is -0.136. The molecule has 0 aromatic heterocycles. The van der Waals surface area contributed by atoms with Crippen LogP contribution in [0.4, 0.5) is 5.69 Å². The lowest BCUT2D eigenvalue weighted by Crippen LogP contribution is -2.36. The molecule has 2 aromatic carbocycles. The zero-order valence-corrected chi connectivity index (χ0v) is 14.6. The van der Waals surface area contributed by atoms with E-state index in [1.165, 1.54) is 0 Å². The van der Waals surface area contributed by atoms with Crippen LogP contribution < -0.4 is 10.6 Å². The van der Waals surface area contributed by atoms with Gasteiger partial charge in [-0.2, -0.15) is 0 Å². The molecule has 0 saturated carbocycles. The van der Waals surface area contributed by atoms with Gasteiger partial charge >= 0.3 is 11.8 Å². The number of hydrogen-bond donors (Lipinski definition) is 3. The maximum Gasteiger partial charge on any atom is 0.313 e. The quantitative estimate of drug-likeness (QED) is 0.707. The Bertz CT molecular complexity index is 724. The number of anilines is 1. The first kappa shape index (κ1) is 18.7. The molecule has 0 bridgehead atoms. The van der Waals surface area contributed by atoms with Crippen molar-refractivity contribution in [3.8, 4) is 0 Å². The van der Waals surface area contributed by atoms with Gasteiger partial charge in [0.15, 0.2) is 0 Å². The predicted molar refractivity (Wildman–Crippen MR) is 98.2 cm³/mol. The van der Waals surface area contributed by atoms with Crippen molar-refractivity contribution in [2.24, 2.45) is 0 Å². The van der Waals surface area contributed by atoms with Crippen molar-refractivity contribution in [1.82, 2.24) is 5.32 Å². The molecular formula is C20H24N2O3.